The van der Waals surface area contributed by atoms with Crippen LogP contribution in [0.2, 0.25) is 0 Å². The standard InChI is InChI=1S/C24H23BrO3/c1-2-3-6-14-28-22-16-21(24(25)20-11-5-4-10-19(20)22)18-9-7-8-17(15-18)12-13-23(26)27/h4-5,7-13,15-16H,2-3,6,14H2,1H3,(H,26,27)/b13-12+. The van der Waals surface area contributed by atoms with Gasteiger partial charge in [-0.2, -0.15) is 0 Å². The van der Waals surface area contributed by atoms with Crippen LogP contribution in [0.4, 0.5) is 0 Å². The number of carbonyl (C=O) groups is 1. The van der Waals surface area contributed by atoms with Crippen LogP contribution >= 0.6 is 15.9 Å². The molecule has 0 unspecified atom stereocenters. The number of fused-ring (bicyclic) bond motifs is 1. The van der Waals surface area contributed by atoms with Crippen molar-refractivity contribution < 1.29 is 14.6 Å². The van der Waals surface area contributed by atoms with E-state index in [1.165, 1.54) is 0 Å². The van der Waals surface area contributed by atoms with Crippen molar-refractivity contribution in [3.8, 4) is 16.9 Å². The van der Waals surface area contributed by atoms with Gasteiger partial charge in [-0.05, 0) is 51.7 Å². The van der Waals surface area contributed by atoms with Gasteiger partial charge in [0.05, 0.1) is 6.61 Å². The Bertz CT molecular complexity index is 1010. The first kappa shape index (κ1) is 20.2. The molecule has 0 heterocycles. The lowest BCUT2D eigenvalue weighted by Gasteiger charge is -2.15. The van der Waals surface area contributed by atoms with E-state index in [2.05, 4.69) is 41.1 Å². The summed E-state index contributed by atoms with van der Waals surface area (Å²) in [5, 5.41) is 11.0. The Morgan fingerprint density at radius 3 is 2.61 bits per heavy atom. The lowest BCUT2D eigenvalue weighted by molar-refractivity contribution is -0.131. The Hall–Kier alpha value is -2.59. The largest absolute Gasteiger partial charge is 0.493 e. The molecule has 0 aliphatic carbocycles. The van der Waals surface area contributed by atoms with Crippen LogP contribution in [0.25, 0.3) is 28.0 Å². The molecule has 3 aromatic carbocycles. The Labute approximate surface area is 173 Å². The van der Waals surface area contributed by atoms with Gasteiger partial charge in [-0.25, -0.2) is 4.79 Å². The molecule has 0 amide bonds. The van der Waals surface area contributed by atoms with Crippen LogP contribution in [0, 0.1) is 0 Å². The van der Waals surface area contributed by atoms with Crippen LogP contribution in [0.3, 0.4) is 0 Å². The molecule has 4 heteroatoms. The van der Waals surface area contributed by atoms with E-state index in [9.17, 15) is 4.79 Å². The van der Waals surface area contributed by atoms with E-state index in [0.717, 1.165) is 63.0 Å². The van der Waals surface area contributed by atoms with Crippen molar-refractivity contribution in [2.45, 2.75) is 26.2 Å². The van der Waals surface area contributed by atoms with E-state index in [1.807, 2.05) is 36.4 Å². The zero-order valence-electron chi connectivity index (χ0n) is 15.8. The normalized spacial score (nSPS) is 11.2. The topological polar surface area (TPSA) is 46.5 Å². The highest BCUT2D eigenvalue weighted by Crippen LogP contribution is 2.40. The number of carboxylic acid groups (broad SMARTS) is 1. The summed E-state index contributed by atoms with van der Waals surface area (Å²) in [6.45, 7) is 2.87. The number of carboxylic acids is 1. The van der Waals surface area contributed by atoms with Gasteiger partial charge in [0.15, 0.2) is 0 Å². The van der Waals surface area contributed by atoms with E-state index in [1.54, 1.807) is 6.08 Å². The molecule has 0 bridgehead atoms. The van der Waals surface area contributed by atoms with Gasteiger partial charge in [0, 0.05) is 26.9 Å². The molecule has 3 rings (SSSR count). The van der Waals surface area contributed by atoms with Crippen molar-refractivity contribution in [2.24, 2.45) is 0 Å². The Morgan fingerprint density at radius 1 is 1.07 bits per heavy atom. The zero-order chi connectivity index (χ0) is 19.9. The van der Waals surface area contributed by atoms with E-state index in [4.69, 9.17) is 9.84 Å². The van der Waals surface area contributed by atoms with Crippen molar-refractivity contribution in [3.63, 3.8) is 0 Å². The number of hydrogen-bond donors (Lipinski definition) is 1. The second-order valence-electron chi connectivity index (χ2n) is 6.63. The quantitative estimate of drug-likeness (QED) is 0.306. The summed E-state index contributed by atoms with van der Waals surface area (Å²) in [4.78, 5) is 10.8. The van der Waals surface area contributed by atoms with E-state index in [-0.39, 0.29) is 0 Å². The van der Waals surface area contributed by atoms with Crippen molar-refractivity contribution in [3.05, 3.63) is 70.7 Å². The fraction of sp³-hybridized carbons (Fsp3) is 0.208. The third kappa shape index (κ3) is 4.82. The smallest absolute Gasteiger partial charge is 0.328 e. The highest BCUT2D eigenvalue weighted by molar-refractivity contribution is 9.10. The Kier molecular flexibility index (Phi) is 6.88. The van der Waals surface area contributed by atoms with Crippen molar-refractivity contribution >= 4 is 38.7 Å². The van der Waals surface area contributed by atoms with Crippen LogP contribution in [0.5, 0.6) is 5.75 Å². The predicted molar refractivity (Wildman–Crippen MR) is 119 cm³/mol. The Morgan fingerprint density at radius 2 is 1.86 bits per heavy atom. The number of halogens is 1. The van der Waals surface area contributed by atoms with Crippen molar-refractivity contribution in [1.82, 2.24) is 0 Å². The van der Waals surface area contributed by atoms with E-state index < -0.39 is 5.97 Å². The van der Waals surface area contributed by atoms with Crippen LogP contribution in [-0.4, -0.2) is 17.7 Å². The summed E-state index contributed by atoms with van der Waals surface area (Å²) in [6.07, 6.45) is 6.09. The summed E-state index contributed by atoms with van der Waals surface area (Å²) >= 11 is 3.76. The maximum atomic E-state index is 10.8. The van der Waals surface area contributed by atoms with Gasteiger partial charge in [-0.1, -0.05) is 62.2 Å². The van der Waals surface area contributed by atoms with Gasteiger partial charge in [0.2, 0.25) is 0 Å². The first-order valence-corrected chi connectivity index (χ1v) is 10.2. The maximum Gasteiger partial charge on any atom is 0.328 e. The van der Waals surface area contributed by atoms with Crippen LogP contribution < -0.4 is 4.74 Å². The number of hydrogen-bond acceptors (Lipinski definition) is 2. The lowest BCUT2D eigenvalue weighted by Crippen LogP contribution is -1.98. The fourth-order valence-corrected chi connectivity index (χ4v) is 3.84. The molecule has 0 aliphatic heterocycles. The lowest BCUT2D eigenvalue weighted by atomic mass is 9.98. The molecule has 144 valence electrons. The molecule has 0 radical (unpaired) electrons. The fourth-order valence-electron chi connectivity index (χ4n) is 3.15. The van der Waals surface area contributed by atoms with Crippen LogP contribution in [0.1, 0.15) is 31.7 Å². The molecule has 1 N–H and O–H groups in total. The van der Waals surface area contributed by atoms with Crippen LogP contribution in [-0.2, 0) is 4.79 Å². The van der Waals surface area contributed by atoms with Gasteiger partial charge in [-0.3, -0.25) is 0 Å². The predicted octanol–water partition coefficient (Wildman–Crippen LogP) is 6.94. The highest BCUT2D eigenvalue weighted by Gasteiger charge is 2.13. The summed E-state index contributed by atoms with van der Waals surface area (Å²) in [7, 11) is 0. The van der Waals surface area contributed by atoms with E-state index in [0.29, 0.717) is 6.61 Å². The van der Waals surface area contributed by atoms with Crippen molar-refractivity contribution in [2.75, 3.05) is 6.61 Å². The number of benzene rings is 3. The molecule has 0 fully saturated rings. The van der Waals surface area contributed by atoms with Gasteiger partial charge >= 0.3 is 5.97 Å². The highest BCUT2D eigenvalue weighted by atomic mass is 79.9. The molecule has 0 aliphatic rings. The third-order valence-corrected chi connectivity index (χ3v) is 5.42. The van der Waals surface area contributed by atoms with Gasteiger partial charge in [0.25, 0.3) is 0 Å². The molecule has 0 aromatic heterocycles. The second kappa shape index (κ2) is 9.56. The minimum Gasteiger partial charge on any atom is -0.493 e. The molecule has 0 saturated heterocycles. The number of aliphatic carboxylic acids is 1. The van der Waals surface area contributed by atoms with Gasteiger partial charge in [0.1, 0.15) is 5.75 Å². The number of unbranched alkanes of at least 4 members (excludes halogenated alkanes) is 2. The molecular weight excluding hydrogens is 416 g/mol. The minimum atomic E-state index is -0.958. The molecule has 3 aromatic rings. The average Bonchev–Trinajstić information content (AvgIpc) is 2.71. The Balaban J connectivity index is 2.04. The molecule has 0 atom stereocenters. The van der Waals surface area contributed by atoms with Gasteiger partial charge < -0.3 is 9.84 Å². The number of ether oxygens (including phenoxy) is 1. The second-order valence-corrected chi connectivity index (χ2v) is 7.43. The zero-order valence-corrected chi connectivity index (χ0v) is 17.4. The molecule has 0 spiro atoms. The SMILES string of the molecule is CCCCCOc1cc(-c2cccc(/C=C/C(=O)O)c2)c(Br)c2ccccc12. The molecule has 0 saturated carbocycles. The first-order valence-electron chi connectivity index (χ1n) is 9.45. The summed E-state index contributed by atoms with van der Waals surface area (Å²) in [5.74, 6) is -0.0866. The molecule has 3 nitrogen and oxygen atoms in total. The van der Waals surface area contributed by atoms with Gasteiger partial charge in [-0.15, -0.1) is 0 Å². The molecular formula is C24H23BrO3. The monoisotopic (exact) mass is 438 g/mol. The maximum absolute atomic E-state index is 10.8. The summed E-state index contributed by atoms with van der Waals surface area (Å²) in [6, 6.07) is 18.1. The summed E-state index contributed by atoms with van der Waals surface area (Å²) < 4.78 is 7.14. The number of rotatable bonds is 8. The first-order chi connectivity index (χ1) is 13.6. The van der Waals surface area contributed by atoms with Crippen molar-refractivity contribution in [1.29, 1.82) is 0 Å². The molecule has 28 heavy (non-hydrogen) atoms. The third-order valence-electron chi connectivity index (χ3n) is 4.56. The van der Waals surface area contributed by atoms with Crippen LogP contribution in [0.15, 0.2) is 65.1 Å². The average molecular weight is 439 g/mol. The minimum absolute atomic E-state index is 0.695. The summed E-state index contributed by atoms with van der Waals surface area (Å²) in [5.41, 5.74) is 2.86. The van der Waals surface area contributed by atoms with E-state index >= 15 is 0 Å².